The fourth-order valence-electron chi connectivity index (χ4n) is 5.38. The Labute approximate surface area is 198 Å². The monoisotopic (exact) mass is 475 g/mol. The molecule has 3 fully saturated rings. The van der Waals surface area contributed by atoms with Gasteiger partial charge >= 0.3 is 12.0 Å². The average Bonchev–Trinajstić information content (AvgIpc) is 3.49. The first-order valence-corrected chi connectivity index (χ1v) is 12.6. The molecule has 180 valence electrons. The molecule has 1 unspecified atom stereocenters. The summed E-state index contributed by atoms with van der Waals surface area (Å²) in [5, 5.41) is 4.82. The molecule has 1 saturated carbocycles. The largest absolute Gasteiger partial charge is 0.454 e. The maximum absolute atomic E-state index is 13.1. The van der Waals surface area contributed by atoms with Gasteiger partial charge in [-0.25, -0.2) is 4.79 Å². The lowest BCUT2D eigenvalue weighted by molar-refractivity contribution is -0.154. The second-order valence-electron chi connectivity index (χ2n) is 10.5. The summed E-state index contributed by atoms with van der Waals surface area (Å²) in [6.07, 6.45) is 4.64. The summed E-state index contributed by atoms with van der Waals surface area (Å²) in [5.41, 5.74) is -0.764. The normalized spacial score (nSPS) is 27.8. The van der Waals surface area contributed by atoms with E-state index in [1.807, 2.05) is 17.5 Å². The first kappa shape index (κ1) is 23.7. The van der Waals surface area contributed by atoms with Crippen molar-refractivity contribution in [2.45, 2.75) is 70.9 Å². The number of hydrogen-bond donors (Lipinski definition) is 1. The van der Waals surface area contributed by atoms with Crippen LogP contribution in [0.3, 0.4) is 0 Å². The van der Waals surface area contributed by atoms with Crippen LogP contribution < -0.4 is 5.32 Å². The summed E-state index contributed by atoms with van der Waals surface area (Å²) >= 11 is 1.61. The lowest BCUT2D eigenvalue weighted by atomic mass is 9.67. The Morgan fingerprint density at radius 3 is 2.58 bits per heavy atom. The van der Waals surface area contributed by atoms with Crippen molar-refractivity contribution in [1.29, 1.82) is 0 Å². The van der Waals surface area contributed by atoms with Gasteiger partial charge in [-0.05, 0) is 61.3 Å². The van der Waals surface area contributed by atoms with Gasteiger partial charge in [0, 0.05) is 11.4 Å². The zero-order chi connectivity index (χ0) is 23.8. The molecular formula is C24H33N3O5S. The third-order valence-corrected chi connectivity index (χ3v) is 8.37. The van der Waals surface area contributed by atoms with E-state index in [0.29, 0.717) is 25.3 Å². The van der Waals surface area contributed by atoms with Crippen molar-refractivity contribution in [3.05, 3.63) is 22.4 Å². The Morgan fingerprint density at radius 1 is 1.21 bits per heavy atom. The molecule has 0 radical (unpaired) electrons. The summed E-state index contributed by atoms with van der Waals surface area (Å²) in [6.45, 7) is 6.35. The maximum atomic E-state index is 13.1. The molecule has 3 heterocycles. The number of carbonyl (C=O) groups excluding carboxylic acids is 4. The summed E-state index contributed by atoms with van der Waals surface area (Å²) in [4.78, 5) is 54.5. The van der Waals surface area contributed by atoms with E-state index in [2.05, 4.69) is 26.1 Å². The quantitative estimate of drug-likeness (QED) is 0.520. The molecule has 1 aromatic heterocycles. The van der Waals surface area contributed by atoms with E-state index < -0.39 is 24.1 Å². The number of rotatable bonds is 5. The smallest absolute Gasteiger partial charge is 0.326 e. The van der Waals surface area contributed by atoms with E-state index in [9.17, 15) is 19.2 Å². The van der Waals surface area contributed by atoms with Crippen LogP contribution in [0.25, 0.3) is 0 Å². The van der Waals surface area contributed by atoms with Gasteiger partial charge in [0.25, 0.3) is 11.8 Å². The first-order chi connectivity index (χ1) is 15.6. The van der Waals surface area contributed by atoms with Gasteiger partial charge in [0.2, 0.25) is 0 Å². The van der Waals surface area contributed by atoms with Gasteiger partial charge in [0.05, 0.1) is 6.04 Å². The van der Waals surface area contributed by atoms with E-state index in [1.165, 1.54) is 0 Å². The van der Waals surface area contributed by atoms with Crippen LogP contribution in [0.2, 0.25) is 0 Å². The van der Waals surface area contributed by atoms with Crippen LogP contribution in [-0.4, -0.2) is 58.8 Å². The number of amides is 4. The van der Waals surface area contributed by atoms with Crippen LogP contribution in [0.4, 0.5) is 4.79 Å². The molecule has 4 rings (SSSR count). The van der Waals surface area contributed by atoms with Gasteiger partial charge in [0.1, 0.15) is 12.1 Å². The molecular weight excluding hydrogens is 442 g/mol. The van der Waals surface area contributed by atoms with Crippen molar-refractivity contribution >= 4 is 35.2 Å². The van der Waals surface area contributed by atoms with Gasteiger partial charge < -0.3 is 15.0 Å². The predicted octanol–water partition coefficient (Wildman–Crippen LogP) is 3.48. The standard InChI is InChI=1S/C24H33N3O5S/c1-23(2,3)16-8-10-24(11-9-16)21(30)27(22(31)25-24)14-20(29)32-15-19(28)26-12-4-6-17(26)18-7-5-13-33-18/h5,7,13,16-17H,4,6,8-12,14-15H2,1-3H3,(H,25,31). The number of nitrogens with one attached hydrogen (secondary N) is 1. The number of esters is 1. The van der Waals surface area contributed by atoms with Gasteiger partial charge in [0.15, 0.2) is 6.61 Å². The topological polar surface area (TPSA) is 96.0 Å². The highest BCUT2D eigenvalue weighted by Gasteiger charge is 2.53. The van der Waals surface area contributed by atoms with Gasteiger partial charge in [-0.2, -0.15) is 0 Å². The Kier molecular flexibility index (Phi) is 6.53. The van der Waals surface area contributed by atoms with Crippen molar-refractivity contribution < 1.29 is 23.9 Å². The van der Waals surface area contributed by atoms with E-state index in [0.717, 1.165) is 35.5 Å². The SMILES string of the molecule is CC(C)(C)C1CCC2(CC1)NC(=O)N(CC(=O)OCC(=O)N1CCCC1c1cccs1)C2=O. The second-order valence-corrected chi connectivity index (χ2v) is 11.4. The van der Waals surface area contributed by atoms with Crippen LogP contribution in [0.1, 0.15) is 70.2 Å². The molecule has 0 bridgehead atoms. The Bertz CT molecular complexity index is 915. The molecule has 8 nitrogen and oxygen atoms in total. The number of likely N-dealkylation sites (tertiary alicyclic amines) is 1. The summed E-state index contributed by atoms with van der Waals surface area (Å²) < 4.78 is 5.18. The van der Waals surface area contributed by atoms with Crippen LogP contribution in [-0.2, 0) is 19.1 Å². The Morgan fingerprint density at radius 2 is 1.94 bits per heavy atom. The van der Waals surface area contributed by atoms with E-state index in [-0.39, 0.29) is 29.9 Å². The lowest BCUT2D eigenvalue weighted by Gasteiger charge is -2.40. The fourth-order valence-corrected chi connectivity index (χ4v) is 6.25. The minimum absolute atomic E-state index is 0.0187. The molecule has 1 aliphatic carbocycles. The van der Waals surface area contributed by atoms with Crippen LogP contribution in [0.5, 0.6) is 0 Å². The zero-order valence-corrected chi connectivity index (χ0v) is 20.4. The van der Waals surface area contributed by atoms with E-state index in [4.69, 9.17) is 4.74 Å². The molecule has 3 aliphatic rings. The molecule has 33 heavy (non-hydrogen) atoms. The van der Waals surface area contributed by atoms with Crippen molar-refractivity contribution in [3.63, 3.8) is 0 Å². The van der Waals surface area contributed by atoms with Crippen molar-refractivity contribution in [2.75, 3.05) is 19.7 Å². The second kappa shape index (κ2) is 9.08. The van der Waals surface area contributed by atoms with Crippen molar-refractivity contribution in [2.24, 2.45) is 11.3 Å². The minimum atomic E-state index is -0.918. The fraction of sp³-hybridized carbons (Fsp3) is 0.667. The van der Waals surface area contributed by atoms with Gasteiger partial charge in [-0.1, -0.05) is 26.8 Å². The Balaban J connectivity index is 1.29. The molecule has 1 N–H and O–H groups in total. The molecule has 2 saturated heterocycles. The summed E-state index contributed by atoms with van der Waals surface area (Å²) in [5.74, 6) is -0.880. The highest BCUT2D eigenvalue weighted by atomic mass is 32.1. The van der Waals surface area contributed by atoms with Crippen LogP contribution in [0, 0.1) is 11.3 Å². The van der Waals surface area contributed by atoms with Crippen LogP contribution in [0.15, 0.2) is 17.5 Å². The van der Waals surface area contributed by atoms with Gasteiger partial charge in [-0.15, -0.1) is 11.3 Å². The molecule has 9 heteroatoms. The molecule has 2 aliphatic heterocycles. The van der Waals surface area contributed by atoms with E-state index in [1.54, 1.807) is 16.2 Å². The van der Waals surface area contributed by atoms with Crippen molar-refractivity contribution in [3.8, 4) is 0 Å². The minimum Gasteiger partial charge on any atom is -0.454 e. The summed E-state index contributed by atoms with van der Waals surface area (Å²) in [7, 11) is 0. The molecule has 4 amide bonds. The number of carbonyl (C=O) groups is 4. The molecule has 0 aromatic carbocycles. The third kappa shape index (κ3) is 4.78. The van der Waals surface area contributed by atoms with Crippen LogP contribution >= 0.6 is 11.3 Å². The van der Waals surface area contributed by atoms with Crippen molar-refractivity contribution in [1.82, 2.24) is 15.1 Å². The highest BCUT2D eigenvalue weighted by Crippen LogP contribution is 2.43. The highest BCUT2D eigenvalue weighted by molar-refractivity contribution is 7.10. The maximum Gasteiger partial charge on any atom is 0.326 e. The third-order valence-electron chi connectivity index (χ3n) is 7.40. The average molecular weight is 476 g/mol. The van der Waals surface area contributed by atoms with E-state index >= 15 is 0 Å². The molecule has 1 atom stereocenters. The zero-order valence-electron chi connectivity index (χ0n) is 19.6. The number of imide groups is 1. The number of thiophene rings is 1. The Hall–Kier alpha value is -2.42. The molecule has 1 aromatic rings. The number of nitrogens with zero attached hydrogens (tertiary/aromatic N) is 2. The predicted molar refractivity (Wildman–Crippen MR) is 123 cm³/mol. The number of ether oxygens (including phenoxy) is 1. The van der Waals surface area contributed by atoms with Gasteiger partial charge in [-0.3, -0.25) is 19.3 Å². The number of urea groups is 1. The molecule has 1 spiro atoms. The lowest BCUT2D eigenvalue weighted by Crippen LogP contribution is -2.50. The number of hydrogen-bond acceptors (Lipinski definition) is 6. The summed E-state index contributed by atoms with van der Waals surface area (Å²) in [6, 6.07) is 3.43. The first-order valence-electron chi connectivity index (χ1n) is 11.7.